The predicted molar refractivity (Wildman–Crippen MR) is 126 cm³/mol. The Morgan fingerprint density at radius 2 is 1.90 bits per heavy atom. The van der Waals surface area contributed by atoms with Crippen molar-refractivity contribution in [1.29, 1.82) is 0 Å². The minimum absolute atomic E-state index is 0.00755. The number of carbonyl (C=O) groups is 2. The molecule has 1 aliphatic rings. The smallest absolute Gasteiger partial charge is 0.249 e. The van der Waals surface area contributed by atoms with Crippen LogP contribution in [0.2, 0.25) is 0 Å². The molecule has 6 nitrogen and oxygen atoms in total. The number of benzene rings is 3. The molecule has 0 unspecified atom stereocenters. The third-order valence-corrected chi connectivity index (χ3v) is 6.28. The minimum Gasteiger partial charge on any atom is -0.374 e. The average Bonchev–Trinajstić information content (AvgIpc) is 3.22. The van der Waals surface area contributed by atoms with E-state index >= 15 is 0 Å². The molecule has 2 amide bonds. The Kier molecular flexibility index (Phi) is 4.88. The van der Waals surface area contributed by atoms with Gasteiger partial charge in [-0.25, -0.2) is 4.98 Å². The highest BCUT2D eigenvalue weighted by Gasteiger charge is 2.29. The van der Waals surface area contributed by atoms with Gasteiger partial charge in [-0.1, -0.05) is 36.4 Å². The summed E-state index contributed by atoms with van der Waals surface area (Å²) in [6.07, 6.45) is 0. The Morgan fingerprint density at radius 1 is 1.10 bits per heavy atom. The number of hydrogen-bond donors (Lipinski definition) is 2. The molecule has 0 radical (unpaired) electrons. The van der Waals surface area contributed by atoms with Gasteiger partial charge in [-0.3, -0.25) is 14.5 Å². The first-order valence-electron chi connectivity index (χ1n) is 10.0. The second kappa shape index (κ2) is 7.85. The van der Waals surface area contributed by atoms with Crippen LogP contribution in [0, 0.1) is 0 Å². The van der Waals surface area contributed by atoms with Crippen molar-refractivity contribution in [3.63, 3.8) is 0 Å². The first kappa shape index (κ1) is 19.3. The van der Waals surface area contributed by atoms with Crippen molar-refractivity contribution >= 4 is 50.4 Å². The van der Waals surface area contributed by atoms with Crippen molar-refractivity contribution in [3.05, 3.63) is 72.8 Å². The minimum atomic E-state index is -0.510. The number of para-hydroxylation sites is 3. The van der Waals surface area contributed by atoms with Crippen LogP contribution in [0.5, 0.6) is 0 Å². The van der Waals surface area contributed by atoms with Crippen LogP contribution in [0.1, 0.15) is 6.92 Å². The summed E-state index contributed by atoms with van der Waals surface area (Å²) in [5.74, 6) is -0.357. The molecule has 1 atom stereocenters. The lowest BCUT2D eigenvalue weighted by atomic mass is 10.1. The molecule has 0 fully saturated rings. The van der Waals surface area contributed by atoms with Crippen molar-refractivity contribution in [2.75, 3.05) is 22.1 Å². The van der Waals surface area contributed by atoms with E-state index in [4.69, 9.17) is 4.98 Å². The summed E-state index contributed by atoms with van der Waals surface area (Å²) in [6.45, 7) is 1.81. The highest BCUT2D eigenvalue weighted by atomic mass is 32.1. The molecule has 0 aliphatic carbocycles. The van der Waals surface area contributed by atoms with Gasteiger partial charge in [0.25, 0.3) is 0 Å². The fraction of sp³-hybridized carbons (Fsp3) is 0.125. The molecule has 2 heterocycles. The Morgan fingerprint density at radius 3 is 2.77 bits per heavy atom. The zero-order valence-corrected chi connectivity index (χ0v) is 17.6. The van der Waals surface area contributed by atoms with Gasteiger partial charge in [0.2, 0.25) is 11.8 Å². The van der Waals surface area contributed by atoms with Crippen LogP contribution < -0.4 is 15.5 Å². The average molecular weight is 429 g/mol. The van der Waals surface area contributed by atoms with Crippen LogP contribution in [0.4, 0.5) is 17.1 Å². The normalized spacial score (nSPS) is 14.1. The van der Waals surface area contributed by atoms with Crippen molar-refractivity contribution in [1.82, 2.24) is 4.98 Å². The Hall–Kier alpha value is -3.71. The predicted octanol–water partition coefficient (Wildman–Crippen LogP) is 4.75. The van der Waals surface area contributed by atoms with E-state index in [1.165, 1.54) is 4.90 Å². The van der Waals surface area contributed by atoms with Crippen molar-refractivity contribution in [2.24, 2.45) is 0 Å². The number of thiazole rings is 1. The van der Waals surface area contributed by atoms with E-state index in [0.717, 1.165) is 26.5 Å². The molecule has 3 aromatic carbocycles. The van der Waals surface area contributed by atoms with E-state index in [0.29, 0.717) is 11.4 Å². The molecule has 4 aromatic rings. The van der Waals surface area contributed by atoms with Gasteiger partial charge in [-0.05, 0) is 43.3 Å². The Balaban J connectivity index is 1.37. The third kappa shape index (κ3) is 3.75. The topological polar surface area (TPSA) is 74.3 Å². The highest BCUT2D eigenvalue weighted by molar-refractivity contribution is 7.21. The highest BCUT2D eigenvalue weighted by Crippen LogP contribution is 2.32. The zero-order chi connectivity index (χ0) is 21.4. The lowest BCUT2D eigenvalue weighted by molar-refractivity contribution is -0.122. The number of carbonyl (C=O) groups excluding carboxylic acids is 2. The van der Waals surface area contributed by atoms with Crippen LogP contribution >= 0.6 is 11.3 Å². The molecule has 0 bridgehead atoms. The second-order valence-corrected chi connectivity index (χ2v) is 8.45. The molecule has 1 aliphatic heterocycles. The standard InChI is InChI=1S/C24H20N4O2S/c1-15(24(30)28-14-22(29)26-18-9-2-4-11-20(18)28)25-17-8-6-7-16(13-17)23-27-19-10-3-5-12-21(19)31-23/h2-13,15,25H,14H2,1H3,(H,26,29)/t15-/m1/s1. The third-order valence-electron chi connectivity index (χ3n) is 5.19. The molecule has 1 aromatic heterocycles. The van der Waals surface area contributed by atoms with Crippen LogP contribution in [-0.2, 0) is 9.59 Å². The molecule has 0 saturated heterocycles. The van der Waals surface area contributed by atoms with E-state index in [1.54, 1.807) is 17.4 Å². The molecule has 154 valence electrons. The van der Waals surface area contributed by atoms with Gasteiger partial charge >= 0.3 is 0 Å². The maximum atomic E-state index is 13.2. The Labute approximate surface area is 183 Å². The van der Waals surface area contributed by atoms with E-state index in [2.05, 4.69) is 16.7 Å². The number of aromatic nitrogens is 1. The first-order valence-corrected chi connectivity index (χ1v) is 10.8. The van der Waals surface area contributed by atoms with Gasteiger partial charge in [0, 0.05) is 11.3 Å². The fourth-order valence-corrected chi connectivity index (χ4v) is 4.68. The maximum absolute atomic E-state index is 13.2. The van der Waals surface area contributed by atoms with Gasteiger partial charge in [0.1, 0.15) is 17.6 Å². The summed E-state index contributed by atoms with van der Waals surface area (Å²) in [7, 11) is 0. The number of fused-ring (bicyclic) bond motifs is 2. The number of rotatable bonds is 4. The lowest BCUT2D eigenvalue weighted by Crippen LogP contribution is -2.47. The molecule has 5 rings (SSSR count). The van der Waals surface area contributed by atoms with Crippen LogP contribution in [0.15, 0.2) is 72.8 Å². The van der Waals surface area contributed by atoms with Crippen LogP contribution in [-0.4, -0.2) is 29.4 Å². The summed E-state index contributed by atoms with van der Waals surface area (Å²) in [6, 6.07) is 22.8. The SMILES string of the molecule is C[C@@H](Nc1cccc(-c2nc3ccccc3s2)c1)C(=O)N1CC(=O)Nc2ccccc21. The quantitative estimate of drug-likeness (QED) is 0.492. The second-order valence-electron chi connectivity index (χ2n) is 7.42. The summed E-state index contributed by atoms with van der Waals surface area (Å²) in [5.41, 5.74) is 4.16. The zero-order valence-electron chi connectivity index (χ0n) is 16.8. The van der Waals surface area contributed by atoms with Crippen LogP contribution in [0.25, 0.3) is 20.8 Å². The van der Waals surface area contributed by atoms with E-state index in [-0.39, 0.29) is 18.4 Å². The van der Waals surface area contributed by atoms with Crippen molar-refractivity contribution in [2.45, 2.75) is 13.0 Å². The fourth-order valence-electron chi connectivity index (χ4n) is 3.71. The summed E-state index contributed by atoms with van der Waals surface area (Å²) >= 11 is 1.64. The molecule has 31 heavy (non-hydrogen) atoms. The summed E-state index contributed by atoms with van der Waals surface area (Å²) < 4.78 is 1.14. The molecule has 7 heteroatoms. The molecule has 0 saturated carbocycles. The largest absolute Gasteiger partial charge is 0.374 e. The number of nitrogens with zero attached hydrogens (tertiary/aromatic N) is 2. The lowest BCUT2D eigenvalue weighted by Gasteiger charge is -2.31. The number of anilines is 3. The number of nitrogens with one attached hydrogen (secondary N) is 2. The number of hydrogen-bond acceptors (Lipinski definition) is 5. The molecular formula is C24H20N4O2S. The van der Waals surface area contributed by atoms with Crippen molar-refractivity contribution < 1.29 is 9.59 Å². The summed E-state index contributed by atoms with van der Waals surface area (Å²) in [4.78, 5) is 31.5. The van der Waals surface area contributed by atoms with Crippen LogP contribution in [0.3, 0.4) is 0 Å². The van der Waals surface area contributed by atoms with Gasteiger partial charge in [0.15, 0.2) is 0 Å². The van der Waals surface area contributed by atoms with Gasteiger partial charge < -0.3 is 10.6 Å². The summed E-state index contributed by atoms with van der Waals surface area (Å²) in [5, 5.41) is 7.03. The first-order chi connectivity index (χ1) is 15.1. The van der Waals surface area contributed by atoms with Crippen molar-refractivity contribution in [3.8, 4) is 10.6 Å². The maximum Gasteiger partial charge on any atom is 0.249 e. The molecular weight excluding hydrogens is 408 g/mol. The van der Waals surface area contributed by atoms with E-state index in [9.17, 15) is 9.59 Å². The van der Waals surface area contributed by atoms with E-state index < -0.39 is 6.04 Å². The van der Waals surface area contributed by atoms with E-state index in [1.807, 2.05) is 67.6 Å². The van der Waals surface area contributed by atoms with Gasteiger partial charge in [-0.2, -0.15) is 0 Å². The Bertz CT molecular complexity index is 1270. The van der Waals surface area contributed by atoms with Gasteiger partial charge in [0.05, 0.1) is 21.6 Å². The molecule has 0 spiro atoms. The number of amides is 2. The van der Waals surface area contributed by atoms with Gasteiger partial charge in [-0.15, -0.1) is 11.3 Å². The molecule has 2 N–H and O–H groups in total. The monoisotopic (exact) mass is 428 g/mol.